The Labute approximate surface area is 158 Å². The van der Waals surface area contributed by atoms with Crippen molar-refractivity contribution in [2.24, 2.45) is 0 Å². The lowest BCUT2D eigenvalue weighted by molar-refractivity contribution is -0.114. The van der Waals surface area contributed by atoms with Crippen molar-refractivity contribution < 1.29 is 19.1 Å². The van der Waals surface area contributed by atoms with Gasteiger partial charge in [-0.15, -0.1) is 0 Å². The molecular weight excluding hydrogens is 421 g/mol. The van der Waals surface area contributed by atoms with E-state index in [4.69, 9.17) is 79.1 Å². The normalized spacial score (nSPS) is 13.8. The lowest BCUT2D eigenvalue weighted by Crippen LogP contribution is -2.17. The fraction of sp³-hybridized carbons (Fsp3) is 0.500. The van der Waals surface area contributed by atoms with Gasteiger partial charge in [-0.25, -0.2) is 0 Å². The van der Waals surface area contributed by atoms with E-state index in [1.54, 1.807) is 0 Å². The number of hydrogen-bond acceptors (Lipinski definition) is 4. The molecule has 0 N–H and O–H groups in total. The van der Waals surface area contributed by atoms with Gasteiger partial charge in [0.05, 0.1) is 25.7 Å². The van der Waals surface area contributed by atoms with E-state index in [-0.39, 0.29) is 24.4 Å². The molecule has 0 bridgehead atoms. The molecule has 0 aliphatic rings. The highest BCUT2D eigenvalue weighted by atomic mass is 35.6. The number of ether oxygens (including phenoxy) is 2. The highest BCUT2D eigenvalue weighted by Gasteiger charge is 2.30. The van der Waals surface area contributed by atoms with Crippen LogP contribution in [0.25, 0.3) is 0 Å². The smallest absolute Gasteiger partial charge is 0.252 e. The zero-order valence-electron chi connectivity index (χ0n) is 11.5. The minimum Gasteiger partial charge on any atom is -0.501 e. The molecule has 0 fully saturated rings. The number of carbonyl (C=O) groups excluding carboxylic acids is 2. The first kappa shape index (κ1) is 22.2. The van der Waals surface area contributed by atoms with Crippen molar-refractivity contribution in [1.29, 1.82) is 0 Å². The molecule has 0 aliphatic heterocycles. The van der Waals surface area contributed by atoms with Gasteiger partial charge in [0.25, 0.3) is 7.59 Å². The lowest BCUT2D eigenvalue weighted by Gasteiger charge is -2.11. The lowest BCUT2D eigenvalue weighted by atomic mass is 10.2. The Morgan fingerprint density at radius 1 is 0.773 bits per heavy atom. The van der Waals surface area contributed by atoms with E-state index in [2.05, 4.69) is 0 Å². The fourth-order valence-electron chi connectivity index (χ4n) is 1.17. The molecule has 0 atom stereocenters. The highest BCUT2D eigenvalue weighted by Crippen LogP contribution is 2.30. The summed E-state index contributed by atoms with van der Waals surface area (Å²) >= 11 is 32.7. The van der Waals surface area contributed by atoms with Crippen molar-refractivity contribution in [2.75, 3.05) is 14.2 Å². The molecule has 10 heteroatoms. The van der Waals surface area contributed by atoms with Gasteiger partial charge in [-0.3, -0.25) is 9.59 Å². The third-order valence-electron chi connectivity index (χ3n) is 2.29. The van der Waals surface area contributed by atoms with Gasteiger partial charge in [0.15, 0.2) is 0 Å². The van der Waals surface area contributed by atoms with E-state index in [9.17, 15) is 9.59 Å². The Balaban J connectivity index is 4.93. The summed E-state index contributed by atoms with van der Waals surface area (Å²) in [7, 11) is 2.69. The van der Waals surface area contributed by atoms with Crippen molar-refractivity contribution >= 4 is 81.2 Å². The number of carbonyl (C=O) groups is 2. The maximum atomic E-state index is 11.6. The SMILES string of the molecule is CO/C(=C/C(=O)C(Cl)(Cl)Cl)CC/C(=C\C(=O)C(Cl)(Cl)Cl)OC. The molecule has 0 saturated carbocycles. The number of methoxy groups -OCH3 is 2. The Bertz CT molecular complexity index is 429. The van der Waals surface area contributed by atoms with Gasteiger partial charge in [-0.2, -0.15) is 0 Å². The van der Waals surface area contributed by atoms with Gasteiger partial charge in [0, 0.05) is 25.0 Å². The topological polar surface area (TPSA) is 52.6 Å². The summed E-state index contributed by atoms with van der Waals surface area (Å²) in [6, 6.07) is 0. The van der Waals surface area contributed by atoms with E-state index in [0.29, 0.717) is 0 Å². The third-order valence-corrected chi connectivity index (χ3v) is 3.40. The van der Waals surface area contributed by atoms with Gasteiger partial charge in [0.2, 0.25) is 11.6 Å². The molecule has 0 aromatic rings. The summed E-state index contributed by atoms with van der Waals surface area (Å²) in [6.07, 6.45) is 2.51. The zero-order chi connectivity index (χ0) is 17.6. The molecular formula is C12H12Cl6O4. The molecule has 0 aromatic carbocycles. The number of hydrogen-bond donors (Lipinski definition) is 0. The average Bonchev–Trinajstić information content (AvgIpc) is 2.38. The van der Waals surface area contributed by atoms with E-state index >= 15 is 0 Å². The summed E-state index contributed by atoms with van der Waals surface area (Å²) in [4.78, 5) is 23.1. The Hall–Kier alpha value is 0.160. The van der Waals surface area contributed by atoms with Gasteiger partial charge in [0.1, 0.15) is 0 Å². The van der Waals surface area contributed by atoms with Crippen LogP contribution >= 0.6 is 69.6 Å². The first-order chi connectivity index (χ1) is 9.91. The standard InChI is InChI=1S/C12H12Cl6O4/c1-21-7(5-9(19)11(13,14)15)3-4-8(22-2)6-10(20)12(16,17)18/h5-6H,3-4H2,1-2H3/b7-5+,8-6+. The molecule has 0 saturated heterocycles. The van der Waals surface area contributed by atoms with E-state index in [1.165, 1.54) is 14.2 Å². The molecule has 22 heavy (non-hydrogen) atoms. The summed E-state index contributed by atoms with van der Waals surface area (Å²) in [5, 5.41) is 0. The molecule has 0 rings (SSSR count). The number of ketones is 2. The molecule has 126 valence electrons. The van der Waals surface area contributed by atoms with Crippen LogP contribution in [0, 0.1) is 0 Å². The summed E-state index contributed by atoms with van der Waals surface area (Å²) in [5.74, 6) is -1.04. The van der Waals surface area contributed by atoms with Gasteiger partial charge >= 0.3 is 0 Å². The first-order valence-electron chi connectivity index (χ1n) is 5.63. The van der Waals surface area contributed by atoms with E-state index in [0.717, 1.165) is 12.2 Å². The molecule has 0 unspecified atom stereocenters. The molecule has 0 aromatic heterocycles. The third kappa shape index (κ3) is 8.70. The molecule has 0 amide bonds. The van der Waals surface area contributed by atoms with Crippen molar-refractivity contribution in [2.45, 2.75) is 20.4 Å². The van der Waals surface area contributed by atoms with Crippen LogP contribution in [-0.4, -0.2) is 33.4 Å². The van der Waals surface area contributed by atoms with Gasteiger partial charge in [-0.1, -0.05) is 69.6 Å². The molecule has 4 nitrogen and oxygen atoms in total. The maximum absolute atomic E-state index is 11.6. The summed E-state index contributed by atoms with van der Waals surface area (Å²) in [5.41, 5.74) is 0. The van der Waals surface area contributed by atoms with Gasteiger partial charge < -0.3 is 9.47 Å². The van der Waals surface area contributed by atoms with E-state index < -0.39 is 19.2 Å². The molecule has 0 aliphatic carbocycles. The van der Waals surface area contributed by atoms with E-state index in [1.807, 2.05) is 0 Å². The second-order valence-electron chi connectivity index (χ2n) is 3.85. The Kier molecular flexibility index (Phi) is 9.52. The predicted octanol–water partition coefficient (Wildman–Crippen LogP) is 4.71. The fourth-order valence-corrected chi connectivity index (χ4v) is 1.50. The zero-order valence-corrected chi connectivity index (χ0v) is 16.0. The number of halogens is 6. The van der Waals surface area contributed by atoms with Crippen LogP contribution in [0.5, 0.6) is 0 Å². The second kappa shape index (κ2) is 9.45. The van der Waals surface area contributed by atoms with Crippen molar-refractivity contribution in [1.82, 2.24) is 0 Å². The average molecular weight is 433 g/mol. The van der Waals surface area contributed by atoms with Crippen LogP contribution < -0.4 is 0 Å². The number of rotatable bonds is 7. The van der Waals surface area contributed by atoms with Crippen LogP contribution in [0.15, 0.2) is 23.7 Å². The minimum absolute atomic E-state index is 0.204. The second-order valence-corrected chi connectivity index (χ2v) is 8.42. The van der Waals surface area contributed by atoms with Crippen LogP contribution in [-0.2, 0) is 19.1 Å². The summed E-state index contributed by atoms with van der Waals surface area (Å²) < 4.78 is 5.85. The summed E-state index contributed by atoms with van der Waals surface area (Å²) in [6.45, 7) is 0. The van der Waals surface area contributed by atoms with Crippen LogP contribution in [0.2, 0.25) is 0 Å². The quantitative estimate of drug-likeness (QED) is 0.332. The maximum Gasteiger partial charge on any atom is 0.252 e. The Morgan fingerprint density at radius 2 is 1.05 bits per heavy atom. The molecule has 0 spiro atoms. The van der Waals surface area contributed by atoms with Crippen LogP contribution in [0.4, 0.5) is 0 Å². The van der Waals surface area contributed by atoms with Gasteiger partial charge in [-0.05, 0) is 0 Å². The van der Waals surface area contributed by atoms with Crippen LogP contribution in [0.3, 0.4) is 0 Å². The highest BCUT2D eigenvalue weighted by molar-refractivity contribution is 6.77. The number of alkyl halides is 6. The van der Waals surface area contributed by atoms with Crippen LogP contribution in [0.1, 0.15) is 12.8 Å². The number of allylic oxidation sites excluding steroid dienone is 4. The van der Waals surface area contributed by atoms with Crippen molar-refractivity contribution in [3.05, 3.63) is 23.7 Å². The molecule has 0 radical (unpaired) electrons. The van der Waals surface area contributed by atoms with Crippen molar-refractivity contribution in [3.63, 3.8) is 0 Å². The van der Waals surface area contributed by atoms with Crippen molar-refractivity contribution in [3.8, 4) is 0 Å². The predicted molar refractivity (Wildman–Crippen MR) is 90.0 cm³/mol. The molecule has 0 heterocycles. The first-order valence-corrected chi connectivity index (χ1v) is 7.90. The Morgan fingerprint density at radius 3 is 1.23 bits per heavy atom. The monoisotopic (exact) mass is 430 g/mol. The largest absolute Gasteiger partial charge is 0.501 e. The minimum atomic E-state index is -2.07.